The fraction of sp³-hybridized carbons (Fsp3) is 0.115. The van der Waals surface area contributed by atoms with E-state index in [1.54, 1.807) is 23.1 Å². The molecular formula is C26H20N2O6S2. The maximum absolute atomic E-state index is 13.1. The second-order valence-electron chi connectivity index (χ2n) is 7.75. The van der Waals surface area contributed by atoms with Crippen LogP contribution in [-0.4, -0.2) is 33.1 Å². The monoisotopic (exact) mass is 520 g/mol. The van der Waals surface area contributed by atoms with Crippen molar-refractivity contribution in [1.82, 2.24) is 4.90 Å². The molecular weight excluding hydrogens is 500 g/mol. The van der Waals surface area contributed by atoms with Crippen molar-refractivity contribution in [2.45, 2.75) is 13.0 Å². The van der Waals surface area contributed by atoms with Gasteiger partial charge in [0.05, 0.1) is 28.5 Å². The van der Waals surface area contributed by atoms with Crippen LogP contribution in [0.25, 0.3) is 6.08 Å². The number of esters is 1. The molecule has 0 bridgehead atoms. The van der Waals surface area contributed by atoms with Gasteiger partial charge in [-0.2, -0.15) is 0 Å². The van der Waals surface area contributed by atoms with Gasteiger partial charge >= 0.3 is 5.97 Å². The first-order valence-corrected chi connectivity index (χ1v) is 12.0. The number of methoxy groups -OCH3 is 1. The molecule has 1 heterocycles. The molecule has 0 unspecified atom stereocenters. The second kappa shape index (κ2) is 10.7. The first kappa shape index (κ1) is 25.1. The average molecular weight is 521 g/mol. The van der Waals surface area contributed by atoms with Crippen LogP contribution in [0.2, 0.25) is 0 Å². The van der Waals surface area contributed by atoms with Gasteiger partial charge in [-0.15, -0.1) is 0 Å². The lowest BCUT2D eigenvalue weighted by molar-refractivity contribution is -0.384. The summed E-state index contributed by atoms with van der Waals surface area (Å²) in [6.45, 7) is 1.93. The molecule has 1 aliphatic rings. The topological polar surface area (TPSA) is 99.0 Å². The summed E-state index contributed by atoms with van der Waals surface area (Å²) in [7, 11) is 1.42. The van der Waals surface area contributed by atoms with Crippen molar-refractivity contribution in [3.63, 3.8) is 0 Å². The van der Waals surface area contributed by atoms with Crippen LogP contribution in [0, 0.1) is 10.1 Å². The van der Waals surface area contributed by atoms with Crippen LogP contribution in [0.1, 0.15) is 34.5 Å². The Morgan fingerprint density at radius 3 is 2.53 bits per heavy atom. The summed E-state index contributed by atoms with van der Waals surface area (Å²) in [5.74, 6) is -0.561. The number of non-ortho nitro benzene ring substituents is 1. The van der Waals surface area contributed by atoms with Crippen molar-refractivity contribution in [2.24, 2.45) is 0 Å². The first-order valence-electron chi connectivity index (χ1n) is 10.7. The van der Waals surface area contributed by atoms with Gasteiger partial charge in [-0.1, -0.05) is 66.4 Å². The lowest BCUT2D eigenvalue weighted by Crippen LogP contribution is -2.30. The third kappa shape index (κ3) is 5.29. The summed E-state index contributed by atoms with van der Waals surface area (Å²) in [6, 6.07) is 19.5. The predicted molar refractivity (Wildman–Crippen MR) is 141 cm³/mol. The Kier molecular flexibility index (Phi) is 7.47. The predicted octanol–water partition coefficient (Wildman–Crippen LogP) is 5.79. The Balaban J connectivity index is 1.54. The highest BCUT2D eigenvalue weighted by molar-refractivity contribution is 8.26. The van der Waals surface area contributed by atoms with Crippen molar-refractivity contribution in [2.75, 3.05) is 7.11 Å². The quantitative estimate of drug-likeness (QED) is 0.0965. The minimum atomic E-state index is -0.763. The van der Waals surface area contributed by atoms with Crippen LogP contribution in [0.3, 0.4) is 0 Å². The van der Waals surface area contributed by atoms with Gasteiger partial charge in [0.25, 0.3) is 11.6 Å². The molecule has 0 spiro atoms. The number of nitro benzene ring substituents is 1. The zero-order chi connectivity index (χ0) is 25.8. The third-order valence-electron chi connectivity index (χ3n) is 5.47. The summed E-state index contributed by atoms with van der Waals surface area (Å²) in [5.41, 5.74) is 1.44. The van der Waals surface area contributed by atoms with E-state index in [1.165, 1.54) is 43.1 Å². The number of nitro groups is 1. The zero-order valence-corrected chi connectivity index (χ0v) is 20.9. The van der Waals surface area contributed by atoms with E-state index in [-0.39, 0.29) is 34.7 Å². The summed E-state index contributed by atoms with van der Waals surface area (Å²) < 4.78 is 11.3. The molecule has 1 saturated heterocycles. The van der Waals surface area contributed by atoms with E-state index in [4.69, 9.17) is 21.7 Å². The Labute approximate surface area is 216 Å². The molecule has 4 rings (SSSR count). The highest BCUT2D eigenvalue weighted by atomic mass is 32.2. The standard InChI is InChI=1S/C26H20N2O6S2/c1-16(18-7-4-3-5-8-18)27-24(29)23(36-26(27)35)14-17-11-12-21(22(13-17)33-2)34-25(30)19-9-6-10-20(15-19)28(31)32/h3-16H,1-2H3/b23-14+/t16-/m0/s1. The fourth-order valence-electron chi connectivity index (χ4n) is 3.61. The van der Waals surface area contributed by atoms with Gasteiger partial charge in [0.2, 0.25) is 0 Å². The Morgan fingerprint density at radius 1 is 1.08 bits per heavy atom. The number of hydrogen-bond acceptors (Lipinski definition) is 8. The van der Waals surface area contributed by atoms with E-state index in [2.05, 4.69) is 0 Å². The number of hydrogen-bond donors (Lipinski definition) is 0. The molecule has 8 nitrogen and oxygen atoms in total. The molecule has 3 aromatic rings. The molecule has 0 aromatic heterocycles. The Morgan fingerprint density at radius 2 is 1.83 bits per heavy atom. The van der Waals surface area contributed by atoms with Gasteiger partial charge in [0.15, 0.2) is 11.5 Å². The zero-order valence-electron chi connectivity index (χ0n) is 19.2. The summed E-state index contributed by atoms with van der Waals surface area (Å²) in [6.07, 6.45) is 1.70. The van der Waals surface area contributed by atoms with Crippen LogP contribution in [-0.2, 0) is 4.79 Å². The molecule has 0 saturated carbocycles. The number of carbonyl (C=O) groups excluding carboxylic acids is 2. The maximum atomic E-state index is 13.1. The van der Waals surface area contributed by atoms with Gasteiger partial charge in [-0.3, -0.25) is 19.8 Å². The van der Waals surface area contributed by atoms with Gasteiger partial charge in [-0.05, 0) is 42.3 Å². The van der Waals surface area contributed by atoms with Gasteiger partial charge < -0.3 is 9.47 Å². The lowest BCUT2D eigenvalue weighted by Gasteiger charge is -2.23. The van der Waals surface area contributed by atoms with Crippen molar-refractivity contribution >= 4 is 51.9 Å². The molecule has 36 heavy (non-hydrogen) atoms. The minimum Gasteiger partial charge on any atom is -0.493 e. The Hall–Kier alpha value is -4.02. The lowest BCUT2D eigenvalue weighted by atomic mass is 10.1. The average Bonchev–Trinajstić information content (AvgIpc) is 3.17. The van der Waals surface area contributed by atoms with Crippen LogP contribution in [0.5, 0.6) is 11.5 Å². The molecule has 1 amide bonds. The van der Waals surface area contributed by atoms with Crippen molar-refractivity contribution < 1.29 is 24.0 Å². The summed E-state index contributed by atoms with van der Waals surface area (Å²) in [5, 5.41) is 11.0. The second-order valence-corrected chi connectivity index (χ2v) is 9.42. The van der Waals surface area contributed by atoms with E-state index in [9.17, 15) is 19.7 Å². The molecule has 3 aromatic carbocycles. The summed E-state index contributed by atoms with van der Waals surface area (Å²) >= 11 is 6.70. The number of nitrogens with zero attached hydrogens (tertiary/aromatic N) is 2. The maximum Gasteiger partial charge on any atom is 0.343 e. The van der Waals surface area contributed by atoms with E-state index in [1.807, 2.05) is 37.3 Å². The molecule has 0 N–H and O–H groups in total. The van der Waals surface area contributed by atoms with Gasteiger partial charge in [0, 0.05) is 12.1 Å². The SMILES string of the molecule is COc1cc(/C=C2/SC(=S)N([C@@H](C)c3ccccc3)C2=O)ccc1OC(=O)c1cccc([N+](=O)[O-])c1. The van der Waals surface area contributed by atoms with E-state index < -0.39 is 10.9 Å². The first-order chi connectivity index (χ1) is 17.3. The van der Waals surface area contributed by atoms with E-state index >= 15 is 0 Å². The van der Waals surface area contributed by atoms with Gasteiger partial charge in [0.1, 0.15) is 4.32 Å². The molecule has 10 heteroatoms. The normalized spacial score (nSPS) is 15.2. The third-order valence-corrected chi connectivity index (χ3v) is 6.80. The number of benzene rings is 3. The summed E-state index contributed by atoms with van der Waals surface area (Å²) in [4.78, 5) is 38.1. The van der Waals surface area contributed by atoms with Crippen molar-refractivity contribution in [1.29, 1.82) is 0 Å². The number of thiocarbonyl (C=S) groups is 1. The molecule has 1 fully saturated rings. The smallest absolute Gasteiger partial charge is 0.343 e. The van der Waals surface area contributed by atoms with Crippen molar-refractivity contribution in [3.8, 4) is 11.5 Å². The molecule has 182 valence electrons. The number of thioether (sulfide) groups is 1. The van der Waals surface area contributed by atoms with Gasteiger partial charge in [-0.25, -0.2) is 4.79 Å². The minimum absolute atomic E-state index is 0.0338. The number of carbonyl (C=O) groups is 2. The Bertz CT molecular complexity index is 1390. The molecule has 1 atom stereocenters. The van der Waals surface area contributed by atoms with E-state index in [0.717, 1.165) is 11.6 Å². The van der Waals surface area contributed by atoms with Crippen LogP contribution in [0.4, 0.5) is 5.69 Å². The number of ether oxygens (including phenoxy) is 2. The number of amides is 1. The van der Waals surface area contributed by atoms with Crippen LogP contribution >= 0.6 is 24.0 Å². The molecule has 0 aliphatic carbocycles. The number of rotatable bonds is 7. The fourth-order valence-corrected chi connectivity index (χ4v) is 5.03. The van der Waals surface area contributed by atoms with Crippen molar-refractivity contribution in [3.05, 3.63) is 105 Å². The molecule has 0 radical (unpaired) electrons. The van der Waals surface area contributed by atoms with E-state index in [0.29, 0.717) is 14.8 Å². The van der Waals surface area contributed by atoms with Crippen LogP contribution in [0.15, 0.2) is 77.7 Å². The highest BCUT2D eigenvalue weighted by Gasteiger charge is 2.36. The highest BCUT2D eigenvalue weighted by Crippen LogP contribution is 2.39. The largest absolute Gasteiger partial charge is 0.493 e. The molecule has 1 aliphatic heterocycles. The van der Waals surface area contributed by atoms with Crippen LogP contribution < -0.4 is 9.47 Å².